The van der Waals surface area contributed by atoms with E-state index >= 15 is 0 Å². The number of nitrogens with two attached hydrogens (primary N) is 1. The monoisotopic (exact) mass is 338 g/mol. The van der Waals surface area contributed by atoms with Crippen molar-refractivity contribution < 1.29 is 17.9 Å². The summed E-state index contributed by atoms with van der Waals surface area (Å²) in [5.41, 5.74) is 7.21. The van der Waals surface area contributed by atoms with Crippen molar-refractivity contribution in [1.29, 1.82) is 0 Å². The average Bonchev–Trinajstić information content (AvgIpc) is 2.37. The Balaban J connectivity index is 0.00000220. The molecule has 2 rings (SSSR count). The third-order valence-electron chi connectivity index (χ3n) is 2.60. The lowest BCUT2D eigenvalue weighted by Gasteiger charge is -2.14. The zero-order valence-corrected chi connectivity index (χ0v) is 12.0. The van der Waals surface area contributed by atoms with Crippen molar-refractivity contribution in [3.05, 3.63) is 58.9 Å². The molecule has 0 bridgehead atoms. The van der Waals surface area contributed by atoms with E-state index in [0.717, 1.165) is 0 Å². The van der Waals surface area contributed by atoms with E-state index in [4.69, 9.17) is 17.3 Å². The molecule has 2 N–H and O–H groups in total. The molecular formula is C13H11Cl2F3N2O. The highest BCUT2D eigenvalue weighted by Gasteiger charge is 2.31. The van der Waals surface area contributed by atoms with Gasteiger partial charge in [0.2, 0.25) is 0 Å². The molecule has 1 aromatic heterocycles. The first kappa shape index (κ1) is 17.6. The van der Waals surface area contributed by atoms with Gasteiger partial charge < -0.3 is 10.5 Å². The first-order chi connectivity index (χ1) is 9.37. The Morgan fingerprint density at radius 3 is 2.29 bits per heavy atom. The number of ether oxygens (including phenoxy) is 1. The summed E-state index contributed by atoms with van der Waals surface area (Å²) in [7, 11) is 0. The van der Waals surface area contributed by atoms with Crippen LogP contribution in [0.1, 0.15) is 17.2 Å². The summed E-state index contributed by atoms with van der Waals surface area (Å²) in [5.74, 6) is -0.300. The predicted molar refractivity (Wildman–Crippen MR) is 75.7 cm³/mol. The quantitative estimate of drug-likeness (QED) is 0.857. The maximum atomic E-state index is 12.0. The molecule has 0 saturated carbocycles. The molecule has 8 heteroatoms. The summed E-state index contributed by atoms with van der Waals surface area (Å²) in [4.78, 5) is 3.90. The summed E-state index contributed by atoms with van der Waals surface area (Å²) in [6.45, 7) is 0. The van der Waals surface area contributed by atoms with E-state index in [1.54, 1.807) is 12.1 Å². The molecule has 21 heavy (non-hydrogen) atoms. The highest BCUT2D eigenvalue weighted by molar-refractivity contribution is 6.30. The number of hydrogen-bond donors (Lipinski definition) is 1. The molecular weight excluding hydrogens is 328 g/mol. The lowest BCUT2D eigenvalue weighted by molar-refractivity contribution is -0.274. The predicted octanol–water partition coefficient (Wildman–Crippen LogP) is 4.10. The summed E-state index contributed by atoms with van der Waals surface area (Å²) in [5, 5.41) is 0.260. The number of aromatic nitrogens is 1. The maximum Gasteiger partial charge on any atom is 0.573 e. The van der Waals surface area contributed by atoms with Gasteiger partial charge in [0.1, 0.15) is 10.9 Å². The minimum absolute atomic E-state index is 0. The van der Waals surface area contributed by atoms with Crippen LogP contribution >= 0.6 is 24.0 Å². The van der Waals surface area contributed by atoms with Gasteiger partial charge in [0.25, 0.3) is 0 Å². The zero-order valence-electron chi connectivity index (χ0n) is 10.5. The second kappa shape index (κ2) is 6.98. The Bertz CT molecular complexity index is 591. The SMILES string of the molecule is Cl.N[C@@H](c1ccc(OC(F)(F)F)cc1)c1cccnc1Cl. The number of nitrogens with zero attached hydrogens (tertiary/aromatic N) is 1. The molecule has 0 fully saturated rings. The average molecular weight is 339 g/mol. The molecule has 0 aliphatic carbocycles. The third kappa shape index (κ3) is 4.77. The van der Waals surface area contributed by atoms with Crippen LogP contribution in [0.2, 0.25) is 5.15 Å². The van der Waals surface area contributed by atoms with Crippen LogP contribution in [0.5, 0.6) is 5.75 Å². The van der Waals surface area contributed by atoms with E-state index in [9.17, 15) is 13.2 Å². The molecule has 0 unspecified atom stereocenters. The van der Waals surface area contributed by atoms with Crippen LogP contribution in [0.25, 0.3) is 0 Å². The summed E-state index contributed by atoms with van der Waals surface area (Å²) < 4.78 is 39.9. The highest BCUT2D eigenvalue weighted by Crippen LogP contribution is 2.28. The van der Waals surface area contributed by atoms with E-state index in [1.165, 1.54) is 30.5 Å². The van der Waals surface area contributed by atoms with Crippen molar-refractivity contribution in [2.45, 2.75) is 12.4 Å². The second-order valence-electron chi connectivity index (χ2n) is 3.98. The second-order valence-corrected chi connectivity index (χ2v) is 4.34. The van der Waals surface area contributed by atoms with Crippen LogP contribution in [0.4, 0.5) is 13.2 Å². The molecule has 0 aliphatic rings. The van der Waals surface area contributed by atoms with Gasteiger partial charge in [-0.15, -0.1) is 25.6 Å². The van der Waals surface area contributed by atoms with Crippen LogP contribution in [-0.2, 0) is 0 Å². The van der Waals surface area contributed by atoms with Gasteiger partial charge in [-0.05, 0) is 23.8 Å². The Morgan fingerprint density at radius 1 is 1.14 bits per heavy atom. The number of benzene rings is 1. The van der Waals surface area contributed by atoms with E-state index in [-0.39, 0.29) is 23.3 Å². The van der Waals surface area contributed by atoms with Gasteiger partial charge in [0.05, 0.1) is 6.04 Å². The first-order valence-electron chi connectivity index (χ1n) is 5.58. The fraction of sp³-hybridized carbons (Fsp3) is 0.154. The standard InChI is InChI=1S/C13H10ClF3N2O.ClH/c14-12-10(2-1-7-19-12)11(18)8-3-5-9(6-4-8)20-13(15,16)17;/h1-7,11H,18H2;1H/t11-;/m0./s1. The Hall–Kier alpha value is -1.50. The number of pyridine rings is 1. The normalized spacial score (nSPS) is 12.4. The summed E-state index contributed by atoms with van der Waals surface area (Å²) in [6, 6.07) is 8.13. The van der Waals surface area contributed by atoms with Crippen molar-refractivity contribution in [2.75, 3.05) is 0 Å². The molecule has 1 heterocycles. The van der Waals surface area contributed by atoms with Gasteiger partial charge in [-0.2, -0.15) is 0 Å². The molecule has 0 aliphatic heterocycles. The van der Waals surface area contributed by atoms with Gasteiger partial charge in [-0.3, -0.25) is 0 Å². The summed E-state index contributed by atoms with van der Waals surface area (Å²) >= 11 is 5.92. The van der Waals surface area contributed by atoms with Crippen LogP contribution < -0.4 is 10.5 Å². The lowest BCUT2D eigenvalue weighted by atomic mass is 10.0. The largest absolute Gasteiger partial charge is 0.573 e. The Labute approximate surface area is 130 Å². The van der Waals surface area contributed by atoms with Crippen molar-refractivity contribution in [2.24, 2.45) is 5.73 Å². The van der Waals surface area contributed by atoms with Crippen LogP contribution in [-0.4, -0.2) is 11.3 Å². The van der Waals surface area contributed by atoms with E-state index in [0.29, 0.717) is 11.1 Å². The lowest BCUT2D eigenvalue weighted by Crippen LogP contribution is -2.17. The van der Waals surface area contributed by atoms with Crippen molar-refractivity contribution >= 4 is 24.0 Å². The molecule has 0 spiro atoms. The third-order valence-corrected chi connectivity index (χ3v) is 2.91. The van der Waals surface area contributed by atoms with Crippen LogP contribution in [0.3, 0.4) is 0 Å². The van der Waals surface area contributed by atoms with E-state index in [1.807, 2.05) is 0 Å². The fourth-order valence-electron chi connectivity index (χ4n) is 1.69. The molecule has 3 nitrogen and oxygen atoms in total. The Morgan fingerprint density at radius 2 is 1.76 bits per heavy atom. The Kier molecular flexibility index (Phi) is 5.83. The van der Waals surface area contributed by atoms with Gasteiger partial charge in [0.15, 0.2) is 0 Å². The van der Waals surface area contributed by atoms with Crippen molar-refractivity contribution in [1.82, 2.24) is 4.98 Å². The van der Waals surface area contributed by atoms with E-state index < -0.39 is 12.4 Å². The number of halogens is 5. The van der Waals surface area contributed by atoms with Gasteiger partial charge >= 0.3 is 6.36 Å². The molecule has 2 aromatic rings. The minimum atomic E-state index is -4.71. The molecule has 0 amide bonds. The molecule has 0 radical (unpaired) electrons. The number of rotatable bonds is 3. The fourth-order valence-corrected chi connectivity index (χ4v) is 1.92. The van der Waals surface area contributed by atoms with Crippen molar-refractivity contribution in [3.63, 3.8) is 0 Å². The maximum absolute atomic E-state index is 12.0. The molecule has 1 aromatic carbocycles. The minimum Gasteiger partial charge on any atom is -0.406 e. The van der Waals surface area contributed by atoms with Gasteiger partial charge in [0, 0.05) is 11.8 Å². The molecule has 114 valence electrons. The molecule has 0 saturated heterocycles. The van der Waals surface area contributed by atoms with E-state index in [2.05, 4.69) is 9.72 Å². The number of hydrogen-bond acceptors (Lipinski definition) is 3. The van der Waals surface area contributed by atoms with Gasteiger partial charge in [-0.25, -0.2) is 4.98 Å². The molecule has 1 atom stereocenters. The zero-order chi connectivity index (χ0) is 14.8. The number of alkyl halides is 3. The van der Waals surface area contributed by atoms with Crippen LogP contribution in [0, 0.1) is 0 Å². The van der Waals surface area contributed by atoms with Crippen molar-refractivity contribution in [3.8, 4) is 5.75 Å². The van der Waals surface area contributed by atoms with Gasteiger partial charge in [-0.1, -0.05) is 29.8 Å². The smallest absolute Gasteiger partial charge is 0.406 e. The first-order valence-corrected chi connectivity index (χ1v) is 5.96. The highest BCUT2D eigenvalue weighted by atomic mass is 35.5. The van der Waals surface area contributed by atoms with Crippen LogP contribution in [0.15, 0.2) is 42.6 Å². The topological polar surface area (TPSA) is 48.1 Å². The summed E-state index contributed by atoms with van der Waals surface area (Å²) in [6.07, 6.45) is -3.19.